The summed E-state index contributed by atoms with van der Waals surface area (Å²) in [5, 5.41) is 11.7. The van der Waals surface area contributed by atoms with Crippen LogP contribution in [0.1, 0.15) is 64.0 Å². The second-order valence-corrected chi connectivity index (χ2v) is 8.99. The Kier molecular flexibility index (Phi) is 8.65. The summed E-state index contributed by atoms with van der Waals surface area (Å²) in [6.45, 7) is 10.7. The highest BCUT2D eigenvalue weighted by atomic mass is 16.6. The molecule has 1 fully saturated rings. The molecule has 1 unspecified atom stereocenters. The molecule has 0 radical (unpaired) electrons. The molecule has 1 atom stereocenters. The number of amides is 2. The van der Waals surface area contributed by atoms with Gasteiger partial charge in [0.15, 0.2) is 0 Å². The van der Waals surface area contributed by atoms with Crippen molar-refractivity contribution in [1.29, 1.82) is 0 Å². The van der Waals surface area contributed by atoms with Gasteiger partial charge in [0.2, 0.25) is 5.91 Å². The number of carboxylic acids is 1. The number of alkyl carbamates (subject to hydrolysis) is 1. The van der Waals surface area contributed by atoms with Crippen LogP contribution in [-0.4, -0.2) is 52.7 Å². The number of piperidine rings is 1. The largest absolute Gasteiger partial charge is 0.481 e. The van der Waals surface area contributed by atoms with Gasteiger partial charge >= 0.3 is 12.1 Å². The average Bonchev–Trinajstić information content (AvgIpc) is 2.70. The number of carboxylic acid groups (broad SMARTS) is 1. The van der Waals surface area contributed by atoms with Crippen molar-refractivity contribution in [3.8, 4) is 0 Å². The van der Waals surface area contributed by atoms with Crippen LogP contribution in [0.3, 0.4) is 0 Å². The number of nitrogens with zero attached hydrogens (tertiary/aromatic N) is 1. The number of rotatable bonds is 8. The fraction of sp³-hybridized carbons (Fsp3) is 0.542. The van der Waals surface area contributed by atoms with Crippen molar-refractivity contribution in [3.63, 3.8) is 0 Å². The average molecular weight is 431 g/mol. The molecule has 0 aromatic heterocycles. The minimum Gasteiger partial charge on any atom is -0.481 e. The van der Waals surface area contributed by atoms with E-state index < -0.39 is 23.7 Å². The van der Waals surface area contributed by atoms with Gasteiger partial charge in [0, 0.05) is 25.9 Å². The van der Waals surface area contributed by atoms with Crippen molar-refractivity contribution in [3.05, 3.63) is 42.0 Å². The molecule has 31 heavy (non-hydrogen) atoms. The number of likely N-dealkylation sites (tertiary alicyclic amines) is 1. The van der Waals surface area contributed by atoms with Crippen molar-refractivity contribution < 1.29 is 24.2 Å². The van der Waals surface area contributed by atoms with Crippen molar-refractivity contribution >= 4 is 23.5 Å². The zero-order chi connectivity index (χ0) is 23.0. The Morgan fingerprint density at radius 3 is 2.45 bits per heavy atom. The molecule has 0 bridgehead atoms. The second kappa shape index (κ2) is 11.0. The molecule has 7 heteroatoms. The summed E-state index contributed by atoms with van der Waals surface area (Å²) in [5.41, 5.74) is 1.76. The van der Waals surface area contributed by atoms with Gasteiger partial charge < -0.3 is 20.1 Å². The topological polar surface area (TPSA) is 95.9 Å². The van der Waals surface area contributed by atoms with E-state index in [0.717, 1.165) is 36.0 Å². The van der Waals surface area contributed by atoms with Crippen LogP contribution in [0.2, 0.25) is 0 Å². The van der Waals surface area contributed by atoms with E-state index in [0.29, 0.717) is 25.9 Å². The van der Waals surface area contributed by atoms with Crippen LogP contribution in [0.5, 0.6) is 0 Å². The van der Waals surface area contributed by atoms with Crippen molar-refractivity contribution in [1.82, 2.24) is 10.2 Å². The molecule has 1 aromatic rings. The van der Waals surface area contributed by atoms with Gasteiger partial charge in [0.1, 0.15) is 11.6 Å². The molecule has 1 saturated heterocycles. The lowest BCUT2D eigenvalue weighted by molar-refractivity contribution is -0.137. The molecule has 1 heterocycles. The first kappa shape index (κ1) is 24.4. The molecule has 7 nitrogen and oxygen atoms in total. The number of ether oxygens (including phenoxy) is 1. The van der Waals surface area contributed by atoms with E-state index in [1.165, 1.54) is 0 Å². The Balaban J connectivity index is 2.16. The summed E-state index contributed by atoms with van der Waals surface area (Å²) in [7, 11) is 0. The molecule has 2 N–H and O–H groups in total. The first-order valence-electron chi connectivity index (χ1n) is 10.8. The van der Waals surface area contributed by atoms with E-state index in [-0.39, 0.29) is 12.3 Å². The molecule has 0 spiro atoms. The van der Waals surface area contributed by atoms with E-state index in [4.69, 9.17) is 9.84 Å². The third-order valence-corrected chi connectivity index (χ3v) is 5.07. The Hall–Kier alpha value is -2.83. The van der Waals surface area contributed by atoms with E-state index >= 15 is 0 Å². The van der Waals surface area contributed by atoms with Gasteiger partial charge in [-0.25, -0.2) is 4.79 Å². The van der Waals surface area contributed by atoms with Crippen LogP contribution in [0.15, 0.2) is 30.8 Å². The quantitative estimate of drug-likeness (QED) is 0.650. The maximum absolute atomic E-state index is 13.2. The standard InChI is InChI=1S/C24H34N2O5/c1-17(11-12-21(27)28)19-10-8-9-18(15-19)16-20(25-23(30)31-24(2,3)4)22(29)26-13-6-5-7-14-26/h8-10,15,20H,1,5-7,11-14,16H2,2-4H3,(H,25,30)(H,27,28). The third-order valence-electron chi connectivity index (χ3n) is 5.07. The predicted octanol–water partition coefficient (Wildman–Crippen LogP) is 4.01. The van der Waals surface area contributed by atoms with Gasteiger partial charge in [-0.05, 0) is 63.2 Å². The van der Waals surface area contributed by atoms with Crippen molar-refractivity contribution in [2.75, 3.05) is 13.1 Å². The van der Waals surface area contributed by atoms with Gasteiger partial charge in [-0.3, -0.25) is 9.59 Å². The highest BCUT2D eigenvalue weighted by Gasteiger charge is 2.29. The summed E-state index contributed by atoms with van der Waals surface area (Å²) in [6, 6.07) is 6.78. The lowest BCUT2D eigenvalue weighted by Gasteiger charge is -2.31. The molecule has 170 valence electrons. The van der Waals surface area contributed by atoms with Crippen LogP contribution in [0, 0.1) is 0 Å². The number of benzene rings is 1. The summed E-state index contributed by atoms with van der Waals surface area (Å²) in [4.78, 5) is 38.2. The lowest BCUT2D eigenvalue weighted by Crippen LogP contribution is -2.51. The molecule has 1 aromatic carbocycles. The molecule has 0 aliphatic carbocycles. The monoisotopic (exact) mass is 430 g/mol. The second-order valence-electron chi connectivity index (χ2n) is 8.99. The van der Waals surface area contributed by atoms with Crippen molar-refractivity contribution in [2.24, 2.45) is 0 Å². The fourth-order valence-electron chi connectivity index (χ4n) is 3.54. The number of aliphatic carboxylic acids is 1. The summed E-state index contributed by atoms with van der Waals surface area (Å²) >= 11 is 0. The summed E-state index contributed by atoms with van der Waals surface area (Å²) in [5.74, 6) is -0.980. The smallest absolute Gasteiger partial charge is 0.408 e. The Bertz CT molecular complexity index is 806. The first-order valence-corrected chi connectivity index (χ1v) is 10.8. The van der Waals surface area contributed by atoms with E-state index in [9.17, 15) is 14.4 Å². The Morgan fingerprint density at radius 2 is 1.84 bits per heavy atom. The molecule has 0 saturated carbocycles. The third kappa shape index (κ3) is 8.44. The Morgan fingerprint density at radius 1 is 1.16 bits per heavy atom. The van der Waals surface area contributed by atoms with E-state index in [1.54, 1.807) is 25.7 Å². The van der Waals surface area contributed by atoms with Gasteiger partial charge in [0.05, 0.1) is 0 Å². The zero-order valence-electron chi connectivity index (χ0n) is 18.8. The minimum absolute atomic E-state index is 0.0132. The van der Waals surface area contributed by atoms with E-state index in [1.807, 2.05) is 24.3 Å². The SMILES string of the molecule is C=C(CCC(=O)O)c1cccc(CC(NC(=O)OC(C)(C)C)C(=O)N2CCCCC2)c1. The van der Waals surface area contributed by atoms with Gasteiger partial charge in [-0.2, -0.15) is 0 Å². The zero-order valence-corrected chi connectivity index (χ0v) is 18.8. The number of nitrogens with one attached hydrogen (secondary N) is 1. The molecule has 2 amide bonds. The Labute approximate surface area is 184 Å². The van der Waals surface area contributed by atoms with E-state index in [2.05, 4.69) is 11.9 Å². The maximum atomic E-state index is 13.2. The summed E-state index contributed by atoms with van der Waals surface area (Å²) < 4.78 is 5.37. The fourth-order valence-corrected chi connectivity index (χ4v) is 3.54. The minimum atomic E-state index is -0.869. The van der Waals surface area contributed by atoms with Crippen LogP contribution in [0.4, 0.5) is 4.79 Å². The molecule has 2 rings (SSSR count). The van der Waals surface area contributed by atoms with Gasteiger partial charge in [-0.15, -0.1) is 0 Å². The van der Waals surface area contributed by atoms with Gasteiger partial charge in [0.25, 0.3) is 0 Å². The number of allylic oxidation sites excluding steroid dienone is 1. The molecular formula is C24H34N2O5. The molecule has 1 aliphatic rings. The predicted molar refractivity (Wildman–Crippen MR) is 120 cm³/mol. The number of hydrogen-bond donors (Lipinski definition) is 2. The van der Waals surface area contributed by atoms with Crippen LogP contribution in [-0.2, 0) is 20.7 Å². The van der Waals surface area contributed by atoms with Crippen LogP contribution >= 0.6 is 0 Å². The van der Waals surface area contributed by atoms with Gasteiger partial charge in [-0.1, -0.05) is 30.8 Å². The highest BCUT2D eigenvalue weighted by molar-refractivity contribution is 5.86. The lowest BCUT2D eigenvalue weighted by atomic mass is 9.97. The molecular weight excluding hydrogens is 396 g/mol. The number of hydrogen-bond acceptors (Lipinski definition) is 4. The molecule has 1 aliphatic heterocycles. The highest BCUT2D eigenvalue weighted by Crippen LogP contribution is 2.21. The number of carbonyl (C=O) groups excluding carboxylic acids is 2. The van der Waals surface area contributed by atoms with Crippen LogP contribution in [0.25, 0.3) is 5.57 Å². The normalized spacial score (nSPS) is 15.1. The van der Waals surface area contributed by atoms with Crippen molar-refractivity contribution in [2.45, 2.75) is 70.9 Å². The first-order chi connectivity index (χ1) is 14.5. The number of carbonyl (C=O) groups is 3. The maximum Gasteiger partial charge on any atom is 0.408 e. The van der Waals surface area contributed by atoms with Crippen LogP contribution < -0.4 is 5.32 Å². The summed E-state index contributed by atoms with van der Waals surface area (Å²) in [6.07, 6.45) is 3.09.